The van der Waals surface area contributed by atoms with E-state index in [9.17, 15) is 4.79 Å². The lowest BCUT2D eigenvalue weighted by molar-refractivity contribution is -0.116. The number of nitrogens with one attached hydrogen (secondary N) is 1. The molecule has 19 heavy (non-hydrogen) atoms. The summed E-state index contributed by atoms with van der Waals surface area (Å²) in [5.41, 5.74) is 1.10. The van der Waals surface area contributed by atoms with Crippen LogP contribution in [0.3, 0.4) is 0 Å². The molecule has 0 fully saturated rings. The zero-order chi connectivity index (χ0) is 13.8. The second kappa shape index (κ2) is 6.27. The van der Waals surface area contributed by atoms with Crippen molar-refractivity contribution in [3.63, 3.8) is 0 Å². The van der Waals surface area contributed by atoms with Crippen molar-refractivity contribution in [2.75, 3.05) is 5.32 Å². The zero-order valence-electron chi connectivity index (χ0n) is 9.68. The van der Waals surface area contributed by atoms with Gasteiger partial charge in [0.15, 0.2) is 0 Å². The highest BCUT2D eigenvalue weighted by Gasteiger charge is 2.08. The van der Waals surface area contributed by atoms with Crippen LogP contribution in [0.25, 0.3) is 0 Å². The summed E-state index contributed by atoms with van der Waals surface area (Å²) in [6.45, 7) is -0.157. The first kappa shape index (κ1) is 14.2. The molecular formula is C11H10Br2N4O2. The van der Waals surface area contributed by atoms with Gasteiger partial charge in [-0.1, -0.05) is 21.1 Å². The summed E-state index contributed by atoms with van der Waals surface area (Å²) >= 11 is 6.70. The molecule has 0 aliphatic rings. The van der Waals surface area contributed by atoms with Crippen molar-refractivity contribution in [2.45, 2.75) is 13.2 Å². The number of benzene rings is 1. The van der Waals surface area contributed by atoms with E-state index < -0.39 is 0 Å². The minimum atomic E-state index is -0.225. The number of anilines is 1. The SMILES string of the molecule is O=C(Cn1cc(CO)nn1)Nc1ccc(Br)cc1Br. The Balaban J connectivity index is 2.01. The lowest BCUT2D eigenvalue weighted by atomic mass is 10.3. The van der Waals surface area contributed by atoms with Gasteiger partial charge in [0.05, 0.1) is 18.5 Å². The second-order valence-corrected chi connectivity index (χ2v) is 5.51. The number of amides is 1. The summed E-state index contributed by atoms with van der Waals surface area (Å²) in [6, 6.07) is 5.46. The first-order valence-electron chi connectivity index (χ1n) is 5.33. The summed E-state index contributed by atoms with van der Waals surface area (Å²) in [5, 5.41) is 19.0. The van der Waals surface area contributed by atoms with Crippen LogP contribution in [-0.2, 0) is 17.9 Å². The highest BCUT2D eigenvalue weighted by Crippen LogP contribution is 2.26. The molecule has 8 heteroatoms. The van der Waals surface area contributed by atoms with Crippen molar-refractivity contribution in [1.29, 1.82) is 0 Å². The van der Waals surface area contributed by atoms with Crippen LogP contribution < -0.4 is 5.32 Å². The average Bonchev–Trinajstić information content (AvgIpc) is 2.80. The minimum Gasteiger partial charge on any atom is -0.390 e. The standard InChI is InChI=1S/C11H10Br2N4O2/c12-7-1-2-10(9(13)3-7)14-11(19)5-17-4-8(6-18)15-16-17/h1-4,18H,5-6H2,(H,14,19). The van der Waals surface area contributed by atoms with Crippen molar-refractivity contribution < 1.29 is 9.90 Å². The topological polar surface area (TPSA) is 80.0 Å². The molecule has 2 rings (SSSR count). The van der Waals surface area contributed by atoms with Gasteiger partial charge >= 0.3 is 0 Å². The number of halogens is 2. The molecule has 6 nitrogen and oxygen atoms in total. The Kier molecular flexibility index (Phi) is 4.67. The van der Waals surface area contributed by atoms with Crippen LogP contribution in [0.4, 0.5) is 5.69 Å². The van der Waals surface area contributed by atoms with Crippen molar-refractivity contribution in [1.82, 2.24) is 15.0 Å². The van der Waals surface area contributed by atoms with Gasteiger partial charge in [-0.05, 0) is 34.1 Å². The monoisotopic (exact) mass is 388 g/mol. The molecule has 100 valence electrons. The Bertz CT molecular complexity index is 600. The third-order valence-corrected chi connectivity index (χ3v) is 3.41. The number of hydrogen-bond donors (Lipinski definition) is 2. The number of aromatic nitrogens is 3. The fraction of sp³-hybridized carbons (Fsp3) is 0.182. The Labute approximate surface area is 126 Å². The molecule has 0 radical (unpaired) electrons. The van der Waals surface area contributed by atoms with Crippen LogP contribution >= 0.6 is 31.9 Å². The molecule has 0 bridgehead atoms. The van der Waals surface area contributed by atoms with Crippen molar-refractivity contribution in [3.8, 4) is 0 Å². The number of aliphatic hydroxyl groups excluding tert-OH is 1. The maximum absolute atomic E-state index is 11.8. The Morgan fingerprint density at radius 3 is 2.84 bits per heavy atom. The molecule has 0 unspecified atom stereocenters. The quantitative estimate of drug-likeness (QED) is 0.837. The van der Waals surface area contributed by atoms with Crippen LogP contribution in [-0.4, -0.2) is 26.0 Å². The van der Waals surface area contributed by atoms with E-state index in [-0.39, 0.29) is 19.1 Å². The highest BCUT2D eigenvalue weighted by molar-refractivity contribution is 9.11. The number of carbonyl (C=O) groups excluding carboxylic acids is 1. The van der Waals surface area contributed by atoms with Crippen LogP contribution in [0.1, 0.15) is 5.69 Å². The molecule has 0 aliphatic carbocycles. The molecule has 0 saturated carbocycles. The maximum atomic E-state index is 11.8. The van der Waals surface area contributed by atoms with Crippen molar-refractivity contribution in [2.24, 2.45) is 0 Å². The first-order valence-corrected chi connectivity index (χ1v) is 6.92. The molecule has 2 N–H and O–H groups in total. The highest BCUT2D eigenvalue weighted by atomic mass is 79.9. The van der Waals surface area contributed by atoms with Gasteiger partial charge in [0.2, 0.25) is 5.91 Å². The average molecular weight is 390 g/mol. The Morgan fingerprint density at radius 1 is 1.42 bits per heavy atom. The summed E-state index contributed by atoms with van der Waals surface area (Å²) < 4.78 is 3.07. The van der Waals surface area contributed by atoms with E-state index in [1.165, 1.54) is 10.9 Å². The van der Waals surface area contributed by atoms with Gasteiger partial charge in [0.25, 0.3) is 0 Å². The lowest BCUT2D eigenvalue weighted by Gasteiger charge is -2.07. The van der Waals surface area contributed by atoms with Gasteiger partial charge in [0, 0.05) is 8.95 Å². The molecular weight excluding hydrogens is 380 g/mol. The summed E-state index contributed by atoms with van der Waals surface area (Å²) in [7, 11) is 0. The fourth-order valence-electron chi connectivity index (χ4n) is 1.42. The molecule has 1 aromatic heterocycles. The molecule has 0 saturated heterocycles. The number of aliphatic hydroxyl groups is 1. The molecule has 1 amide bonds. The van der Waals surface area contributed by atoms with Gasteiger partial charge < -0.3 is 10.4 Å². The lowest BCUT2D eigenvalue weighted by Crippen LogP contribution is -2.19. The smallest absolute Gasteiger partial charge is 0.246 e. The van der Waals surface area contributed by atoms with E-state index in [2.05, 4.69) is 47.5 Å². The molecule has 1 aromatic carbocycles. The molecule has 1 heterocycles. The first-order chi connectivity index (χ1) is 9.08. The van der Waals surface area contributed by atoms with Crippen LogP contribution in [0.15, 0.2) is 33.3 Å². The normalized spacial score (nSPS) is 10.5. The largest absolute Gasteiger partial charge is 0.390 e. The molecule has 2 aromatic rings. The number of rotatable bonds is 4. The fourth-order valence-corrected chi connectivity index (χ4v) is 2.56. The Hall–Kier alpha value is -1.25. The molecule has 0 aliphatic heterocycles. The maximum Gasteiger partial charge on any atom is 0.246 e. The predicted molar refractivity (Wildman–Crippen MR) is 76.4 cm³/mol. The summed E-state index contributed by atoms with van der Waals surface area (Å²) in [6.07, 6.45) is 1.52. The minimum absolute atomic E-state index is 0.0372. The van der Waals surface area contributed by atoms with Gasteiger partial charge in [-0.15, -0.1) is 5.10 Å². The van der Waals surface area contributed by atoms with E-state index in [4.69, 9.17) is 5.11 Å². The third kappa shape index (κ3) is 3.85. The third-order valence-electron chi connectivity index (χ3n) is 2.26. The van der Waals surface area contributed by atoms with E-state index in [0.29, 0.717) is 11.4 Å². The Morgan fingerprint density at radius 2 is 2.21 bits per heavy atom. The van der Waals surface area contributed by atoms with Crippen LogP contribution in [0.2, 0.25) is 0 Å². The predicted octanol–water partition coefficient (Wildman–Crippen LogP) is 1.93. The van der Waals surface area contributed by atoms with E-state index in [1.54, 1.807) is 6.07 Å². The number of carbonyl (C=O) groups is 1. The van der Waals surface area contributed by atoms with Gasteiger partial charge in [-0.2, -0.15) is 0 Å². The van der Waals surface area contributed by atoms with Gasteiger partial charge in [-0.25, -0.2) is 4.68 Å². The van der Waals surface area contributed by atoms with Gasteiger partial charge in [-0.3, -0.25) is 4.79 Å². The van der Waals surface area contributed by atoms with E-state index >= 15 is 0 Å². The van der Waals surface area contributed by atoms with Crippen LogP contribution in [0.5, 0.6) is 0 Å². The van der Waals surface area contributed by atoms with Crippen LogP contribution in [0, 0.1) is 0 Å². The van der Waals surface area contributed by atoms with E-state index in [0.717, 1.165) is 8.95 Å². The van der Waals surface area contributed by atoms with Crippen molar-refractivity contribution >= 4 is 43.5 Å². The number of hydrogen-bond acceptors (Lipinski definition) is 4. The van der Waals surface area contributed by atoms with E-state index in [1.807, 2.05) is 12.1 Å². The van der Waals surface area contributed by atoms with Gasteiger partial charge in [0.1, 0.15) is 12.2 Å². The number of nitrogens with zero attached hydrogens (tertiary/aromatic N) is 3. The second-order valence-electron chi connectivity index (χ2n) is 3.74. The summed E-state index contributed by atoms with van der Waals surface area (Å²) in [5.74, 6) is -0.225. The molecule has 0 spiro atoms. The zero-order valence-corrected chi connectivity index (χ0v) is 12.8. The molecule has 0 atom stereocenters. The van der Waals surface area contributed by atoms with Crippen molar-refractivity contribution in [3.05, 3.63) is 39.0 Å². The summed E-state index contributed by atoms with van der Waals surface area (Å²) in [4.78, 5) is 11.8.